The Kier molecular flexibility index (Phi) is 9.98. The molecule has 0 spiro atoms. The molecule has 4 rings (SSSR count). The zero-order valence-corrected chi connectivity index (χ0v) is 27.1. The van der Waals surface area contributed by atoms with Crippen molar-refractivity contribution in [2.45, 2.75) is 102 Å². The molecular formula is C32H45FN4O5S. The second-order valence-electron chi connectivity index (χ2n) is 13.5. The van der Waals surface area contributed by atoms with Crippen LogP contribution in [0.25, 0.3) is 0 Å². The van der Waals surface area contributed by atoms with Crippen molar-refractivity contribution in [3.05, 3.63) is 59.7 Å². The molecule has 3 unspecified atom stereocenters. The van der Waals surface area contributed by atoms with E-state index in [1.165, 1.54) is 18.1 Å². The monoisotopic (exact) mass is 616 g/mol. The number of pyridine rings is 1. The van der Waals surface area contributed by atoms with Crippen LogP contribution in [0.1, 0.15) is 84.9 Å². The lowest BCUT2D eigenvalue weighted by atomic mass is 9.79. The number of thiol groups is 1. The highest BCUT2D eigenvalue weighted by molar-refractivity contribution is 7.63. The van der Waals surface area contributed by atoms with Crippen LogP contribution in [0.5, 0.6) is 0 Å². The van der Waals surface area contributed by atoms with Gasteiger partial charge < -0.3 is 14.8 Å². The highest BCUT2D eigenvalue weighted by Gasteiger charge is 2.48. The van der Waals surface area contributed by atoms with Gasteiger partial charge in [0.1, 0.15) is 23.0 Å². The van der Waals surface area contributed by atoms with Crippen LogP contribution < -0.4 is 5.32 Å². The molecular weight excluding hydrogens is 571 g/mol. The fourth-order valence-electron chi connectivity index (χ4n) is 5.78. The van der Waals surface area contributed by atoms with Crippen LogP contribution in [-0.4, -0.2) is 67.3 Å². The summed E-state index contributed by atoms with van der Waals surface area (Å²) < 4.78 is 41.2. The van der Waals surface area contributed by atoms with E-state index < -0.39 is 40.5 Å². The third-order valence-corrected chi connectivity index (χ3v) is 9.11. The van der Waals surface area contributed by atoms with Crippen LogP contribution in [0.3, 0.4) is 0 Å². The minimum Gasteiger partial charge on any atom is -0.444 e. The molecule has 1 aliphatic carbocycles. The predicted molar refractivity (Wildman–Crippen MR) is 165 cm³/mol. The summed E-state index contributed by atoms with van der Waals surface area (Å²) in [6.07, 6.45) is 4.72. The average Bonchev–Trinajstić information content (AvgIpc) is 3.66. The topological polar surface area (TPSA) is 101 Å². The van der Waals surface area contributed by atoms with E-state index in [0.717, 1.165) is 19.3 Å². The van der Waals surface area contributed by atoms with Gasteiger partial charge in [-0.2, -0.15) is 0 Å². The van der Waals surface area contributed by atoms with Gasteiger partial charge in [-0.05, 0) is 90.1 Å². The molecule has 2 fully saturated rings. The van der Waals surface area contributed by atoms with Crippen molar-refractivity contribution in [2.24, 2.45) is 5.92 Å². The number of carbonyl (C=O) groups excluding carboxylic acids is 2. The Morgan fingerprint density at radius 1 is 1.14 bits per heavy atom. The third-order valence-electron chi connectivity index (χ3n) is 8.01. The minimum absolute atomic E-state index is 0.0318. The van der Waals surface area contributed by atoms with Crippen LogP contribution in [-0.2, 0) is 31.7 Å². The van der Waals surface area contributed by atoms with E-state index in [9.17, 15) is 13.8 Å². The largest absolute Gasteiger partial charge is 0.444 e. The standard InChI is InChI=1S/C32H45FN4O5S/c1-30(2,3)37(43-40)32(16-15-21-11-12-21,27-10-8-9-17-34-27)22-13-14-24(33)25(18-22)35-28(38)26-19-23(41-7)20-36(26)29(39)42-31(4,5)6/h8-10,13-14,17-18,21,23,26,43H,11-12,15-16,19-20H2,1-7H3,(H,35,38). The Morgan fingerprint density at radius 2 is 1.86 bits per heavy atom. The molecule has 236 valence electrons. The number of benzene rings is 1. The number of hydrogen-bond acceptors (Lipinski definition) is 6. The predicted octanol–water partition coefficient (Wildman–Crippen LogP) is 5.58. The van der Waals surface area contributed by atoms with Crippen molar-refractivity contribution >= 4 is 29.5 Å². The van der Waals surface area contributed by atoms with E-state index in [1.807, 2.05) is 43.3 Å². The maximum Gasteiger partial charge on any atom is 0.411 e. The van der Waals surface area contributed by atoms with Gasteiger partial charge in [0.15, 0.2) is 0 Å². The Hall–Kier alpha value is -2.89. The normalized spacial score (nSPS) is 20.6. The van der Waals surface area contributed by atoms with Crippen LogP contribution >= 0.6 is 0 Å². The van der Waals surface area contributed by atoms with Gasteiger partial charge in [0.25, 0.3) is 0 Å². The number of methoxy groups -OCH3 is 1. The average molecular weight is 617 g/mol. The van der Waals surface area contributed by atoms with Crippen LogP contribution in [0.4, 0.5) is 14.9 Å². The molecule has 1 aromatic heterocycles. The van der Waals surface area contributed by atoms with E-state index in [4.69, 9.17) is 14.5 Å². The van der Waals surface area contributed by atoms with Crippen molar-refractivity contribution in [2.75, 3.05) is 19.0 Å². The first-order chi connectivity index (χ1) is 20.2. The van der Waals surface area contributed by atoms with Crippen molar-refractivity contribution in [1.29, 1.82) is 0 Å². The Balaban J connectivity index is 1.75. The van der Waals surface area contributed by atoms with Gasteiger partial charge in [-0.1, -0.05) is 25.0 Å². The summed E-state index contributed by atoms with van der Waals surface area (Å²) in [4.78, 5) is 32.7. The quantitative estimate of drug-likeness (QED) is 0.338. The van der Waals surface area contributed by atoms with Crippen LogP contribution in [0, 0.1) is 11.7 Å². The lowest BCUT2D eigenvalue weighted by molar-refractivity contribution is -0.120. The minimum atomic E-state index is -0.977. The molecule has 1 saturated carbocycles. The zero-order chi connectivity index (χ0) is 31.6. The number of nitrogens with one attached hydrogen (secondary N) is 1. The summed E-state index contributed by atoms with van der Waals surface area (Å²) in [7, 11) is 1.52. The number of ether oxygens (including phenoxy) is 2. The molecule has 2 amide bonds. The molecule has 0 radical (unpaired) electrons. The summed E-state index contributed by atoms with van der Waals surface area (Å²) in [6, 6.07) is 9.32. The first kappa shape index (κ1) is 33.0. The van der Waals surface area contributed by atoms with Gasteiger partial charge >= 0.3 is 6.09 Å². The summed E-state index contributed by atoms with van der Waals surface area (Å²) in [5.74, 6) is -0.596. The molecule has 2 heterocycles. The fourth-order valence-corrected chi connectivity index (χ4v) is 6.48. The van der Waals surface area contributed by atoms with Gasteiger partial charge in [-0.3, -0.25) is 14.7 Å². The zero-order valence-electron chi connectivity index (χ0n) is 26.2. The molecule has 3 atom stereocenters. The number of halogens is 1. The maximum absolute atomic E-state index is 15.4. The second-order valence-corrected chi connectivity index (χ2v) is 14.1. The highest BCUT2D eigenvalue weighted by atomic mass is 32.2. The number of rotatable bonds is 10. The van der Waals surface area contributed by atoms with E-state index in [1.54, 1.807) is 39.1 Å². The first-order valence-corrected chi connectivity index (χ1v) is 15.6. The number of nitrogens with zero attached hydrogens (tertiary/aromatic N) is 3. The summed E-state index contributed by atoms with van der Waals surface area (Å²) in [6.45, 7) is 11.4. The summed E-state index contributed by atoms with van der Waals surface area (Å²) in [5, 5.41) is 2.74. The second kappa shape index (κ2) is 13.0. The molecule has 43 heavy (non-hydrogen) atoms. The van der Waals surface area contributed by atoms with Gasteiger partial charge in [0.2, 0.25) is 5.91 Å². The Morgan fingerprint density at radius 3 is 2.42 bits per heavy atom. The van der Waals surface area contributed by atoms with E-state index in [2.05, 4.69) is 5.32 Å². The number of anilines is 1. The van der Waals surface area contributed by atoms with E-state index in [-0.39, 0.29) is 36.6 Å². The number of amides is 2. The molecule has 1 aromatic carbocycles. The lowest BCUT2D eigenvalue weighted by Crippen LogP contribution is -2.54. The number of hydrogen-bond donors (Lipinski definition) is 2. The molecule has 1 aliphatic heterocycles. The number of carbonyl (C=O) groups is 2. The van der Waals surface area contributed by atoms with Crippen molar-refractivity contribution in [3.63, 3.8) is 0 Å². The van der Waals surface area contributed by atoms with Crippen molar-refractivity contribution in [1.82, 2.24) is 14.2 Å². The lowest BCUT2D eigenvalue weighted by Gasteiger charge is -2.47. The van der Waals surface area contributed by atoms with Gasteiger partial charge in [-0.15, -0.1) is 0 Å². The van der Waals surface area contributed by atoms with Gasteiger partial charge in [-0.25, -0.2) is 17.7 Å². The van der Waals surface area contributed by atoms with Crippen molar-refractivity contribution < 1.29 is 27.7 Å². The SMILES string of the molecule is COC1CC(C(=O)Nc2cc(C(CCC3CC3)(c3ccccn3)N([SH]=O)C(C)(C)C)ccc2F)N(C(=O)OC(C)(C)C)C1. The van der Waals surface area contributed by atoms with Crippen molar-refractivity contribution in [3.8, 4) is 0 Å². The Labute approximate surface area is 258 Å². The molecule has 1 saturated heterocycles. The molecule has 0 bridgehead atoms. The van der Waals surface area contributed by atoms with Gasteiger partial charge in [0, 0.05) is 25.3 Å². The molecule has 1 N–H and O–H groups in total. The smallest absolute Gasteiger partial charge is 0.411 e. The Bertz CT molecular complexity index is 1310. The molecule has 9 nitrogen and oxygen atoms in total. The summed E-state index contributed by atoms with van der Waals surface area (Å²) >= 11 is -0.206. The van der Waals surface area contributed by atoms with Crippen LogP contribution in [0.2, 0.25) is 0 Å². The van der Waals surface area contributed by atoms with Crippen LogP contribution in [0.15, 0.2) is 42.6 Å². The number of aromatic nitrogens is 1. The molecule has 2 aliphatic rings. The molecule has 11 heteroatoms. The highest BCUT2D eigenvalue weighted by Crippen LogP contribution is 2.47. The molecule has 2 aromatic rings. The van der Waals surface area contributed by atoms with E-state index in [0.29, 0.717) is 23.6 Å². The maximum atomic E-state index is 15.4. The third kappa shape index (κ3) is 7.61. The summed E-state index contributed by atoms with van der Waals surface area (Å²) in [5.41, 5.74) is -0.973. The first-order valence-electron chi connectivity index (χ1n) is 14.9. The van der Waals surface area contributed by atoms with Gasteiger partial charge in [0.05, 0.1) is 35.9 Å². The number of likely N-dealkylation sites (tertiary alicyclic amines) is 1. The van der Waals surface area contributed by atoms with E-state index >= 15 is 4.39 Å². The fraction of sp³-hybridized carbons (Fsp3) is 0.594.